The molecular formula is C13H24N2O3. The summed E-state index contributed by atoms with van der Waals surface area (Å²) in [6.07, 6.45) is 1.58. The lowest BCUT2D eigenvalue weighted by Gasteiger charge is -2.28. The van der Waals surface area contributed by atoms with Crippen LogP contribution in [0.2, 0.25) is 0 Å². The molecule has 1 atom stereocenters. The van der Waals surface area contributed by atoms with Crippen LogP contribution in [0.25, 0.3) is 0 Å². The number of morpholine rings is 1. The minimum absolute atomic E-state index is 0.197. The van der Waals surface area contributed by atoms with Gasteiger partial charge in [0, 0.05) is 19.1 Å². The van der Waals surface area contributed by atoms with Crippen LogP contribution >= 0.6 is 0 Å². The van der Waals surface area contributed by atoms with Crippen molar-refractivity contribution in [1.82, 2.24) is 10.2 Å². The second-order valence-electron chi connectivity index (χ2n) is 4.93. The number of carbonyl (C=O) groups excluding carboxylic acids is 2. The van der Waals surface area contributed by atoms with Gasteiger partial charge < -0.3 is 15.0 Å². The predicted molar refractivity (Wildman–Crippen MR) is 69.4 cm³/mol. The van der Waals surface area contributed by atoms with E-state index in [1.54, 1.807) is 4.90 Å². The van der Waals surface area contributed by atoms with Crippen LogP contribution in [0.15, 0.2) is 0 Å². The van der Waals surface area contributed by atoms with E-state index in [1.165, 1.54) is 0 Å². The molecule has 0 saturated carbocycles. The molecule has 0 bridgehead atoms. The van der Waals surface area contributed by atoms with Gasteiger partial charge >= 0.3 is 0 Å². The van der Waals surface area contributed by atoms with Crippen molar-refractivity contribution in [3.63, 3.8) is 0 Å². The van der Waals surface area contributed by atoms with Crippen molar-refractivity contribution >= 4 is 11.7 Å². The van der Waals surface area contributed by atoms with Gasteiger partial charge in [-0.15, -0.1) is 0 Å². The van der Waals surface area contributed by atoms with Crippen LogP contribution in [0.4, 0.5) is 0 Å². The smallest absolute Gasteiger partial charge is 0.291 e. The van der Waals surface area contributed by atoms with Crippen LogP contribution in [0.1, 0.15) is 33.6 Å². The minimum atomic E-state index is -0.370. The molecule has 5 heteroatoms. The molecule has 1 unspecified atom stereocenters. The standard InChI is InChI=1S/C13H24N2O3/c1-4-5-11(14-10(2)3)12(16)13(17)15-6-8-18-9-7-15/h10-11,14H,4-9H2,1-3H3. The van der Waals surface area contributed by atoms with Crippen LogP contribution in [0, 0.1) is 0 Å². The summed E-state index contributed by atoms with van der Waals surface area (Å²) in [5.74, 6) is -0.683. The normalized spacial score (nSPS) is 17.9. The Kier molecular flexibility index (Phi) is 6.29. The first-order chi connectivity index (χ1) is 8.56. The zero-order valence-electron chi connectivity index (χ0n) is 11.6. The van der Waals surface area contributed by atoms with E-state index in [4.69, 9.17) is 4.74 Å². The molecule has 1 aliphatic heterocycles. The Bertz CT molecular complexity index is 286. The van der Waals surface area contributed by atoms with Crippen molar-refractivity contribution in [3.8, 4) is 0 Å². The first-order valence-corrected chi connectivity index (χ1v) is 6.73. The molecule has 18 heavy (non-hydrogen) atoms. The molecule has 1 heterocycles. The van der Waals surface area contributed by atoms with Crippen molar-refractivity contribution in [2.45, 2.75) is 45.7 Å². The molecule has 1 aliphatic rings. The van der Waals surface area contributed by atoms with E-state index in [9.17, 15) is 9.59 Å². The lowest BCUT2D eigenvalue weighted by atomic mass is 10.0. The number of ether oxygens (including phenoxy) is 1. The first-order valence-electron chi connectivity index (χ1n) is 6.73. The highest BCUT2D eigenvalue weighted by molar-refractivity contribution is 6.38. The van der Waals surface area contributed by atoms with E-state index in [2.05, 4.69) is 5.32 Å². The third kappa shape index (κ3) is 4.38. The Labute approximate surface area is 109 Å². The highest BCUT2D eigenvalue weighted by atomic mass is 16.5. The van der Waals surface area contributed by atoms with E-state index in [0.29, 0.717) is 32.7 Å². The van der Waals surface area contributed by atoms with Gasteiger partial charge in [0.05, 0.1) is 19.3 Å². The van der Waals surface area contributed by atoms with E-state index >= 15 is 0 Å². The highest BCUT2D eigenvalue weighted by Gasteiger charge is 2.29. The molecule has 0 spiro atoms. The number of hydrogen-bond donors (Lipinski definition) is 1. The first kappa shape index (κ1) is 15.1. The molecule has 1 rings (SSSR count). The van der Waals surface area contributed by atoms with E-state index < -0.39 is 0 Å². The Balaban J connectivity index is 2.59. The quantitative estimate of drug-likeness (QED) is 0.706. The average molecular weight is 256 g/mol. The molecule has 0 aliphatic carbocycles. The summed E-state index contributed by atoms with van der Waals surface area (Å²) in [6, 6.07) is -0.159. The fraction of sp³-hybridized carbons (Fsp3) is 0.846. The molecule has 1 fully saturated rings. The van der Waals surface area contributed by atoms with Crippen molar-refractivity contribution in [2.75, 3.05) is 26.3 Å². The maximum Gasteiger partial charge on any atom is 0.291 e. The number of nitrogens with zero attached hydrogens (tertiary/aromatic N) is 1. The van der Waals surface area contributed by atoms with Crippen molar-refractivity contribution in [2.24, 2.45) is 0 Å². The van der Waals surface area contributed by atoms with Crippen LogP contribution in [0.5, 0.6) is 0 Å². The number of hydrogen-bond acceptors (Lipinski definition) is 4. The van der Waals surface area contributed by atoms with Crippen LogP contribution in [-0.4, -0.2) is 55.0 Å². The Hall–Kier alpha value is -0.940. The van der Waals surface area contributed by atoms with Crippen LogP contribution in [0.3, 0.4) is 0 Å². The topological polar surface area (TPSA) is 58.6 Å². The maximum absolute atomic E-state index is 12.2. The number of rotatable bonds is 6. The molecule has 1 saturated heterocycles. The summed E-state index contributed by atoms with van der Waals surface area (Å²) in [7, 11) is 0. The lowest BCUT2D eigenvalue weighted by molar-refractivity contribution is -0.148. The maximum atomic E-state index is 12.2. The fourth-order valence-corrected chi connectivity index (χ4v) is 2.05. The molecular weight excluding hydrogens is 232 g/mol. The summed E-state index contributed by atoms with van der Waals surface area (Å²) in [6.45, 7) is 8.06. The Morgan fingerprint density at radius 1 is 1.28 bits per heavy atom. The van der Waals surface area contributed by atoms with Gasteiger partial charge in [0.1, 0.15) is 0 Å². The Morgan fingerprint density at radius 3 is 2.39 bits per heavy atom. The van der Waals surface area contributed by atoms with Crippen LogP contribution in [-0.2, 0) is 14.3 Å². The highest BCUT2D eigenvalue weighted by Crippen LogP contribution is 2.05. The van der Waals surface area contributed by atoms with Crippen molar-refractivity contribution in [1.29, 1.82) is 0 Å². The zero-order valence-corrected chi connectivity index (χ0v) is 11.6. The van der Waals surface area contributed by atoms with Gasteiger partial charge in [-0.3, -0.25) is 9.59 Å². The van der Waals surface area contributed by atoms with Gasteiger partial charge in [0.2, 0.25) is 5.78 Å². The number of ketones is 1. The summed E-state index contributed by atoms with van der Waals surface area (Å²) in [5.41, 5.74) is 0. The van der Waals surface area contributed by atoms with Gasteiger partial charge in [-0.25, -0.2) is 0 Å². The summed E-state index contributed by atoms with van der Waals surface area (Å²) in [4.78, 5) is 25.8. The molecule has 104 valence electrons. The SMILES string of the molecule is CCCC(NC(C)C)C(=O)C(=O)N1CCOCC1. The minimum Gasteiger partial charge on any atom is -0.378 e. The van der Waals surface area contributed by atoms with Gasteiger partial charge in [-0.1, -0.05) is 27.2 Å². The molecule has 0 aromatic rings. The molecule has 5 nitrogen and oxygen atoms in total. The monoisotopic (exact) mass is 256 g/mol. The fourth-order valence-electron chi connectivity index (χ4n) is 2.05. The number of amides is 1. The van der Waals surface area contributed by atoms with Gasteiger partial charge in [-0.2, -0.15) is 0 Å². The average Bonchev–Trinajstić information content (AvgIpc) is 2.37. The second kappa shape index (κ2) is 7.48. The van der Waals surface area contributed by atoms with Gasteiger partial charge in [0.15, 0.2) is 0 Å². The van der Waals surface area contributed by atoms with E-state index in [0.717, 1.165) is 6.42 Å². The van der Waals surface area contributed by atoms with Crippen LogP contribution < -0.4 is 5.32 Å². The largest absolute Gasteiger partial charge is 0.378 e. The predicted octanol–water partition coefficient (Wildman–Crippen LogP) is 0.581. The van der Waals surface area contributed by atoms with E-state index in [-0.39, 0.29) is 23.8 Å². The van der Waals surface area contributed by atoms with Gasteiger partial charge in [-0.05, 0) is 6.42 Å². The van der Waals surface area contributed by atoms with Gasteiger partial charge in [0.25, 0.3) is 5.91 Å². The summed E-state index contributed by atoms with van der Waals surface area (Å²) < 4.78 is 5.18. The lowest BCUT2D eigenvalue weighted by Crippen LogP contribution is -2.51. The third-order valence-corrected chi connectivity index (χ3v) is 2.94. The molecule has 1 N–H and O–H groups in total. The molecule has 0 radical (unpaired) electrons. The zero-order chi connectivity index (χ0) is 13.5. The third-order valence-electron chi connectivity index (χ3n) is 2.94. The summed E-state index contributed by atoms with van der Waals surface area (Å²) in [5, 5.41) is 3.17. The molecule has 1 amide bonds. The van der Waals surface area contributed by atoms with Crippen molar-refractivity contribution < 1.29 is 14.3 Å². The summed E-state index contributed by atoms with van der Waals surface area (Å²) >= 11 is 0. The number of carbonyl (C=O) groups is 2. The molecule has 0 aromatic carbocycles. The Morgan fingerprint density at radius 2 is 1.89 bits per heavy atom. The number of Topliss-reactive ketones (excluding diaryl/α,β-unsaturated/α-hetero) is 1. The van der Waals surface area contributed by atoms with E-state index in [1.807, 2.05) is 20.8 Å². The molecule has 0 aromatic heterocycles. The number of nitrogens with one attached hydrogen (secondary N) is 1. The second-order valence-corrected chi connectivity index (χ2v) is 4.93. The van der Waals surface area contributed by atoms with Crippen molar-refractivity contribution in [3.05, 3.63) is 0 Å².